The second kappa shape index (κ2) is 7.43. The Morgan fingerprint density at radius 1 is 1.11 bits per heavy atom. The fourth-order valence-electron chi connectivity index (χ4n) is 2.27. The zero-order valence-electron chi connectivity index (χ0n) is 12.9. The van der Waals surface area contributed by atoms with Crippen LogP contribution in [-0.4, -0.2) is 23.1 Å². The molecule has 0 spiro atoms. The summed E-state index contributed by atoms with van der Waals surface area (Å²) in [5, 5.41) is 3.28. The Morgan fingerprint density at radius 2 is 1.79 bits per heavy atom. The van der Waals surface area contributed by atoms with Crippen LogP contribution in [0.15, 0.2) is 6.07 Å². The van der Waals surface area contributed by atoms with E-state index >= 15 is 0 Å². The molecule has 0 saturated carbocycles. The lowest BCUT2D eigenvalue weighted by Crippen LogP contribution is -2.31. The number of nitrogens with one attached hydrogen (secondary N) is 1. The molecule has 1 heterocycles. The normalized spacial score (nSPS) is 11.6. The van der Waals surface area contributed by atoms with E-state index in [-0.39, 0.29) is 5.60 Å². The Morgan fingerprint density at radius 3 is 2.26 bits per heavy atom. The number of hydrogen-bond donors (Lipinski definition) is 1. The number of ether oxygens (including phenoxy) is 1. The van der Waals surface area contributed by atoms with Gasteiger partial charge in [0.25, 0.3) is 0 Å². The van der Waals surface area contributed by atoms with Gasteiger partial charge in [0.2, 0.25) is 0 Å². The van der Waals surface area contributed by atoms with Crippen LogP contribution in [0.4, 0.5) is 5.82 Å². The lowest BCUT2D eigenvalue weighted by Gasteiger charge is -2.30. The molecule has 4 heteroatoms. The number of anilines is 1. The number of aromatic nitrogens is 2. The third kappa shape index (κ3) is 3.66. The summed E-state index contributed by atoms with van der Waals surface area (Å²) in [4.78, 5) is 9.35. The van der Waals surface area contributed by atoms with Gasteiger partial charge in [0, 0.05) is 24.9 Å². The monoisotopic (exact) mass is 265 g/mol. The molecule has 0 radical (unpaired) electrons. The van der Waals surface area contributed by atoms with Gasteiger partial charge in [0.1, 0.15) is 11.4 Å². The first-order valence-corrected chi connectivity index (χ1v) is 7.41. The predicted molar refractivity (Wildman–Crippen MR) is 79.5 cm³/mol. The Bertz CT molecular complexity index is 389. The van der Waals surface area contributed by atoms with E-state index in [1.54, 1.807) is 0 Å². The molecule has 0 fully saturated rings. The van der Waals surface area contributed by atoms with E-state index in [0.29, 0.717) is 6.61 Å². The largest absolute Gasteiger partial charge is 0.370 e. The maximum Gasteiger partial charge on any atom is 0.162 e. The highest BCUT2D eigenvalue weighted by Crippen LogP contribution is 2.31. The number of nitrogens with zero attached hydrogens (tertiary/aromatic N) is 2. The van der Waals surface area contributed by atoms with Gasteiger partial charge < -0.3 is 10.1 Å². The highest BCUT2D eigenvalue weighted by molar-refractivity contribution is 5.36. The molecule has 1 aromatic rings. The zero-order chi connectivity index (χ0) is 14.3. The minimum absolute atomic E-state index is 0.357. The standard InChI is InChI=1S/C15H27N3O/c1-6-12-11-13(16-9-4)18-14(17-12)15(7-2,8-3)19-10-5/h11H,6-10H2,1-5H3,(H,16,17,18). The van der Waals surface area contributed by atoms with Crippen LogP contribution in [-0.2, 0) is 16.8 Å². The van der Waals surface area contributed by atoms with Crippen molar-refractivity contribution >= 4 is 5.82 Å². The Hall–Kier alpha value is -1.16. The van der Waals surface area contributed by atoms with Gasteiger partial charge in [-0.25, -0.2) is 9.97 Å². The first-order chi connectivity index (χ1) is 9.15. The molecule has 0 amide bonds. The van der Waals surface area contributed by atoms with Crippen LogP contribution in [0.1, 0.15) is 59.0 Å². The summed E-state index contributed by atoms with van der Waals surface area (Å²) < 4.78 is 5.99. The fourth-order valence-corrected chi connectivity index (χ4v) is 2.27. The van der Waals surface area contributed by atoms with Gasteiger partial charge in [-0.1, -0.05) is 20.8 Å². The lowest BCUT2D eigenvalue weighted by atomic mass is 9.95. The first kappa shape index (κ1) is 15.9. The Kier molecular flexibility index (Phi) is 6.22. The average molecular weight is 265 g/mol. The summed E-state index contributed by atoms with van der Waals surface area (Å²) in [6, 6.07) is 2.02. The van der Waals surface area contributed by atoms with Gasteiger partial charge in [-0.05, 0) is 33.1 Å². The minimum atomic E-state index is -0.357. The molecule has 1 aromatic heterocycles. The number of aryl methyl sites for hydroxylation is 1. The molecular weight excluding hydrogens is 238 g/mol. The Balaban J connectivity index is 3.24. The summed E-state index contributed by atoms with van der Waals surface area (Å²) in [5.41, 5.74) is 0.705. The van der Waals surface area contributed by atoms with Gasteiger partial charge in [0.05, 0.1) is 0 Å². The van der Waals surface area contributed by atoms with Crippen molar-refractivity contribution in [1.29, 1.82) is 0 Å². The van der Waals surface area contributed by atoms with Crippen molar-refractivity contribution in [1.82, 2.24) is 9.97 Å². The van der Waals surface area contributed by atoms with Crippen molar-refractivity contribution in [3.8, 4) is 0 Å². The van der Waals surface area contributed by atoms with Gasteiger partial charge >= 0.3 is 0 Å². The molecule has 19 heavy (non-hydrogen) atoms. The van der Waals surface area contributed by atoms with Crippen molar-refractivity contribution < 1.29 is 4.74 Å². The van der Waals surface area contributed by atoms with Crippen molar-refractivity contribution in [3.63, 3.8) is 0 Å². The van der Waals surface area contributed by atoms with Gasteiger partial charge in [-0.15, -0.1) is 0 Å². The number of rotatable bonds is 8. The van der Waals surface area contributed by atoms with E-state index in [2.05, 4.69) is 38.0 Å². The third-order valence-corrected chi connectivity index (χ3v) is 3.47. The van der Waals surface area contributed by atoms with Crippen molar-refractivity contribution in [2.75, 3.05) is 18.5 Å². The third-order valence-electron chi connectivity index (χ3n) is 3.47. The second-order valence-electron chi connectivity index (χ2n) is 4.59. The van der Waals surface area contributed by atoms with Crippen LogP contribution < -0.4 is 5.32 Å². The minimum Gasteiger partial charge on any atom is -0.370 e. The molecule has 108 valence electrons. The molecule has 0 saturated heterocycles. The predicted octanol–water partition coefficient (Wildman–Crippen LogP) is 3.52. The summed E-state index contributed by atoms with van der Waals surface area (Å²) in [6.07, 6.45) is 2.68. The number of hydrogen-bond acceptors (Lipinski definition) is 4. The van der Waals surface area contributed by atoms with E-state index in [4.69, 9.17) is 9.72 Å². The van der Waals surface area contributed by atoms with Crippen LogP contribution in [0.3, 0.4) is 0 Å². The van der Waals surface area contributed by atoms with E-state index in [9.17, 15) is 0 Å². The molecule has 0 aromatic carbocycles. The zero-order valence-corrected chi connectivity index (χ0v) is 12.9. The van der Waals surface area contributed by atoms with E-state index in [0.717, 1.165) is 43.1 Å². The second-order valence-corrected chi connectivity index (χ2v) is 4.59. The van der Waals surface area contributed by atoms with Crippen LogP contribution in [0, 0.1) is 0 Å². The summed E-state index contributed by atoms with van der Waals surface area (Å²) in [7, 11) is 0. The van der Waals surface area contributed by atoms with Crippen LogP contribution in [0.5, 0.6) is 0 Å². The molecule has 0 bridgehead atoms. The molecule has 1 rings (SSSR count). The molecule has 0 aliphatic rings. The quantitative estimate of drug-likeness (QED) is 0.781. The maximum absolute atomic E-state index is 5.99. The van der Waals surface area contributed by atoms with Crippen LogP contribution >= 0.6 is 0 Å². The van der Waals surface area contributed by atoms with Crippen molar-refractivity contribution in [2.45, 2.75) is 59.5 Å². The van der Waals surface area contributed by atoms with Crippen molar-refractivity contribution in [2.24, 2.45) is 0 Å². The van der Waals surface area contributed by atoms with Gasteiger partial charge in [-0.2, -0.15) is 0 Å². The highest BCUT2D eigenvalue weighted by Gasteiger charge is 2.32. The van der Waals surface area contributed by atoms with E-state index < -0.39 is 0 Å². The van der Waals surface area contributed by atoms with Crippen LogP contribution in [0.2, 0.25) is 0 Å². The van der Waals surface area contributed by atoms with Gasteiger partial charge in [0.15, 0.2) is 5.82 Å². The average Bonchev–Trinajstić information content (AvgIpc) is 2.45. The molecule has 4 nitrogen and oxygen atoms in total. The van der Waals surface area contributed by atoms with Gasteiger partial charge in [-0.3, -0.25) is 0 Å². The highest BCUT2D eigenvalue weighted by atomic mass is 16.5. The summed E-state index contributed by atoms with van der Waals surface area (Å²) in [5.74, 6) is 1.71. The van der Waals surface area contributed by atoms with Crippen LogP contribution in [0.25, 0.3) is 0 Å². The SMILES string of the molecule is CCNc1cc(CC)nc(C(CC)(CC)OCC)n1. The summed E-state index contributed by atoms with van der Waals surface area (Å²) in [6.45, 7) is 12.0. The first-order valence-electron chi connectivity index (χ1n) is 7.41. The maximum atomic E-state index is 5.99. The summed E-state index contributed by atoms with van der Waals surface area (Å²) >= 11 is 0. The van der Waals surface area contributed by atoms with E-state index in [1.807, 2.05) is 13.0 Å². The molecule has 0 aliphatic heterocycles. The molecule has 0 unspecified atom stereocenters. The molecule has 1 N–H and O–H groups in total. The molecule has 0 atom stereocenters. The lowest BCUT2D eigenvalue weighted by molar-refractivity contribution is -0.0571. The topological polar surface area (TPSA) is 47.0 Å². The smallest absolute Gasteiger partial charge is 0.162 e. The fraction of sp³-hybridized carbons (Fsp3) is 0.733. The molecular formula is C15H27N3O. The van der Waals surface area contributed by atoms with E-state index in [1.165, 1.54) is 0 Å². The molecule has 0 aliphatic carbocycles. The van der Waals surface area contributed by atoms with Crippen molar-refractivity contribution in [3.05, 3.63) is 17.6 Å². The Labute approximate surface area is 117 Å².